The van der Waals surface area contributed by atoms with Gasteiger partial charge in [0.2, 0.25) is 5.95 Å². The number of sulfonamides is 1. The second-order valence-electron chi connectivity index (χ2n) is 4.49. The minimum Gasteiger partial charge on any atom is -0.275 e. The predicted molar refractivity (Wildman–Crippen MR) is 82.3 cm³/mol. The summed E-state index contributed by atoms with van der Waals surface area (Å²) < 4.78 is 25.9. The highest BCUT2D eigenvalue weighted by Crippen LogP contribution is 2.14. The lowest BCUT2D eigenvalue weighted by Crippen LogP contribution is -2.34. The van der Waals surface area contributed by atoms with Crippen LogP contribution in [0.1, 0.15) is 11.4 Å². The monoisotopic (exact) mass is 340 g/mol. The summed E-state index contributed by atoms with van der Waals surface area (Å²) in [6, 6.07) is 6.21. The fourth-order valence-corrected chi connectivity index (χ4v) is 2.74. The van der Waals surface area contributed by atoms with Crippen molar-refractivity contribution in [1.29, 1.82) is 0 Å². The summed E-state index contributed by atoms with van der Waals surface area (Å²) in [6.45, 7) is 3.48. The van der Waals surface area contributed by atoms with Gasteiger partial charge in [-0.05, 0) is 44.2 Å². The lowest BCUT2D eigenvalue weighted by Gasteiger charge is -2.08. The van der Waals surface area contributed by atoms with E-state index in [1.54, 1.807) is 19.9 Å². The molecular weight excluding hydrogens is 328 g/mol. The fraction of sp³-hybridized carbons (Fsp3) is 0.154. The van der Waals surface area contributed by atoms with Gasteiger partial charge in [-0.1, -0.05) is 11.6 Å². The van der Waals surface area contributed by atoms with Crippen molar-refractivity contribution in [3.8, 4) is 0 Å². The van der Waals surface area contributed by atoms with Crippen molar-refractivity contribution in [3.05, 3.63) is 46.7 Å². The quantitative estimate of drug-likeness (QED) is 0.892. The number of amides is 2. The third kappa shape index (κ3) is 4.15. The van der Waals surface area contributed by atoms with Crippen LogP contribution in [0.2, 0.25) is 5.02 Å². The molecule has 0 fully saturated rings. The molecule has 0 atom stereocenters. The van der Waals surface area contributed by atoms with Gasteiger partial charge < -0.3 is 0 Å². The number of benzene rings is 1. The molecule has 0 aliphatic carbocycles. The molecule has 0 bridgehead atoms. The Bertz CT molecular complexity index is 786. The van der Waals surface area contributed by atoms with Gasteiger partial charge in [0.05, 0.1) is 4.90 Å². The molecule has 0 aliphatic heterocycles. The molecule has 1 aromatic heterocycles. The van der Waals surface area contributed by atoms with Gasteiger partial charge in [-0.3, -0.25) is 5.32 Å². The zero-order valence-electron chi connectivity index (χ0n) is 11.8. The number of halogens is 1. The van der Waals surface area contributed by atoms with Crippen LogP contribution in [0.4, 0.5) is 10.7 Å². The van der Waals surface area contributed by atoms with Crippen LogP contribution < -0.4 is 10.0 Å². The number of aromatic nitrogens is 2. The van der Waals surface area contributed by atoms with Crippen molar-refractivity contribution in [2.45, 2.75) is 18.7 Å². The van der Waals surface area contributed by atoms with Crippen LogP contribution >= 0.6 is 11.6 Å². The Hall–Kier alpha value is -2.19. The standard InChI is InChI=1S/C13H13ClN4O3S/c1-8-7-9(2)16-12(15-8)17-13(19)18-22(20,21)11-5-3-10(14)4-6-11/h3-7H,1-2H3,(H2,15,16,17,18,19). The van der Waals surface area contributed by atoms with Crippen LogP contribution in [0.25, 0.3) is 0 Å². The average molecular weight is 341 g/mol. The third-order valence-electron chi connectivity index (χ3n) is 2.56. The highest BCUT2D eigenvalue weighted by molar-refractivity contribution is 7.90. The smallest absolute Gasteiger partial charge is 0.275 e. The van der Waals surface area contributed by atoms with Gasteiger partial charge in [-0.15, -0.1) is 0 Å². The summed E-state index contributed by atoms with van der Waals surface area (Å²) >= 11 is 5.69. The van der Waals surface area contributed by atoms with E-state index in [1.807, 2.05) is 4.72 Å². The number of nitrogens with one attached hydrogen (secondary N) is 2. The van der Waals surface area contributed by atoms with E-state index >= 15 is 0 Å². The molecule has 0 spiro atoms. The van der Waals surface area contributed by atoms with Gasteiger partial charge in [0, 0.05) is 16.4 Å². The first-order valence-corrected chi connectivity index (χ1v) is 8.04. The number of aryl methyl sites for hydroxylation is 2. The molecule has 7 nitrogen and oxygen atoms in total. The van der Waals surface area contributed by atoms with Crippen LogP contribution in [0.3, 0.4) is 0 Å². The molecule has 1 heterocycles. The molecular formula is C13H13ClN4O3S. The normalized spacial score (nSPS) is 11.0. The van der Waals surface area contributed by atoms with Crippen molar-refractivity contribution in [1.82, 2.24) is 14.7 Å². The number of urea groups is 1. The maximum atomic E-state index is 12.0. The van der Waals surface area contributed by atoms with Crippen molar-refractivity contribution in [2.24, 2.45) is 0 Å². The van der Waals surface area contributed by atoms with Crippen LogP contribution in [-0.2, 0) is 10.0 Å². The van der Waals surface area contributed by atoms with Gasteiger partial charge in [-0.25, -0.2) is 27.9 Å². The topological polar surface area (TPSA) is 101 Å². The molecule has 0 aliphatic rings. The Morgan fingerprint density at radius 2 is 1.64 bits per heavy atom. The molecule has 9 heteroatoms. The van der Waals surface area contributed by atoms with Crippen molar-refractivity contribution in [2.75, 3.05) is 5.32 Å². The molecule has 0 unspecified atom stereocenters. The number of rotatable bonds is 3. The molecule has 116 valence electrons. The number of nitrogens with zero attached hydrogens (tertiary/aromatic N) is 2. The summed E-state index contributed by atoms with van der Waals surface area (Å²) in [5.74, 6) is 0.0290. The second-order valence-corrected chi connectivity index (χ2v) is 6.61. The SMILES string of the molecule is Cc1cc(C)nc(NC(=O)NS(=O)(=O)c2ccc(Cl)cc2)n1. The van der Waals surface area contributed by atoms with Crippen LogP contribution in [0, 0.1) is 13.8 Å². The minimum absolute atomic E-state index is 0.0290. The lowest BCUT2D eigenvalue weighted by molar-refractivity contribution is 0.256. The minimum atomic E-state index is -3.99. The Labute approximate surface area is 132 Å². The van der Waals surface area contributed by atoms with E-state index in [4.69, 9.17) is 11.6 Å². The molecule has 0 saturated heterocycles. The van der Waals surface area contributed by atoms with E-state index in [1.165, 1.54) is 24.3 Å². The summed E-state index contributed by atoms with van der Waals surface area (Å²) in [5, 5.41) is 2.68. The first-order valence-electron chi connectivity index (χ1n) is 6.18. The highest BCUT2D eigenvalue weighted by Gasteiger charge is 2.18. The van der Waals surface area contributed by atoms with Gasteiger partial charge in [0.1, 0.15) is 0 Å². The maximum absolute atomic E-state index is 12.0. The van der Waals surface area contributed by atoms with Crippen LogP contribution in [0.5, 0.6) is 0 Å². The van der Waals surface area contributed by atoms with Crippen molar-refractivity contribution >= 4 is 33.6 Å². The maximum Gasteiger partial charge on any atom is 0.335 e. The molecule has 2 rings (SSSR count). The zero-order chi connectivity index (χ0) is 16.3. The average Bonchev–Trinajstić information content (AvgIpc) is 2.36. The Balaban J connectivity index is 2.12. The lowest BCUT2D eigenvalue weighted by atomic mass is 10.4. The van der Waals surface area contributed by atoms with Crippen molar-refractivity contribution in [3.63, 3.8) is 0 Å². The Morgan fingerprint density at radius 1 is 1.09 bits per heavy atom. The number of carbonyl (C=O) groups excluding carboxylic acids is 1. The Morgan fingerprint density at radius 3 is 2.18 bits per heavy atom. The van der Waals surface area contributed by atoms with Crippen molar-refractivity contribution < 1.29 is 13.2 Å². The first kappa shape index (κ1) is 16.2. The number of anilines is 1. The molecule has 2 N–H and O–H groups in total. The van der Waals surface area contributed by atoms with E-state index < -0.39 is 16.1 Å². The van der Waals surface area contributed by atoms with Gasteiger partial charge >= 0.3 is 6.03 Å². The molecule has 22 heavy (non-hydrogen) atoms. The van der Waals surface area contributed by atoms with Gasteiger partial charge in [-0.2, -0.15) is 0 Å². The third-order valence-corrected chi connectivity index (χ3v) is 4.16. The van der Waals surface area contributed by atoms with E-state index in [-0.39, 0.29) is 10.8 Å². The number of hydrogen-bond acceptors (Lipinski definition) is 5. The van der Waals surface area contributed by atoms with E-state index in [0.717, 1.165) is 0 Å². The van der Waals surface area contributed by atoms with Crippen LogP contribution in [0.15, 0.2) is 35.2 Å². The Kier molecular flexibility index (Phi) is 4.62. The number of carbonyl (C=O) groups is 1. The van der Waals surface area contributed by atoms with Gasteiger partial charge in [0.25, 0.3) is 10.0 Å². The summed E-state index contributed by atoms with van der Waals surface area (Å²) in [7, 11) is -3.99. The molecule has 0 radical (unpaired) electrons. The summed E-state index contributed by atoms with van der Waals surface area (Å²) in [5.41, 5.74) is 1.31. The molecule has 2 amide bonds. The van der Waals surface area contributed by atoms with Gasteiger partial charge in [0.15, 0.2) is 0 Å². The van der Waals surface area contributed by atoms with Crippen LogP contribution in [-0.4, -0.2) is 24.4 Å². The van der Waals surface area contributed by atoms with E-state index in [2.05, 4.69) is 15.3 Å². The second kappa shape index (κ2) is 6.29. The fourth-order valence-electron chi connectivity index (χ4n) is 1.70. The largest absolute Gasteiger partial charge is 0.335 e. The molecule has 0 saturated carbocycles. The number of hydrogen-bond donors (Lipinski definition) is 2. The summed E-state index contributed by atoms with van der Waals surface area (Å²) in [4.78, 5) is 19.7. The highest BCUT2D eigenvalue weighted by atomic mass is 35.5. The first-order chi connectivity index (χ1) is 10.3. The zero-order valence-corrected chi connectivity index (χ0v) is 13.4. The van der Waals surface area contributed by atoms with E-state index in [9.17, 15) is 13.2 Å². The summed E-state index contributed by atoms with van der Waals surface area (Å²) in [6.07, 6.45) is 0. The molecule has 1 aromatic carbocycles. The molecule has 2 aromatic rings. The predicted octanol–water partition coefficient (Wildman–Crippen LogP) is 2.26. The van der Waals surface area contributed by atoms with E-state index in [0.29, 0.717) is 16.4 Å².